The third-order valence-corrected chi connectivity index (χ3v) is 3.78. The number of ether oxygens (including phenoxy) is 1. The summed E-state index contributed by atoms with van der Waals surface area (Å²) in [6, 6.07) is 7.34. The molecule has 1 N–H and O–H groups in total. The molecule has 0 atom stereocenters. The van der Waals surface area contributed by atoms with Crippen molar-refractivity contribution in [2.45, 2.75) is 40.0 Å². The molecule has 0 radical (unpaired) electrons. The molecule has 0 heterocycles. The minimum Gasteiger partial charge on any atom is -0.494 e. The number of alkyl halides is 1. The van der Waals surface area contributed by atoms with Crippen LogP contribution >= 0.6 is 15.9 Å². The molecule has 118 valence electrons. The van der Waals surface area contributed by atoms with Crippen molar-refractivity contribution >= 4 is 21.8 Å². The van der Waals surface area contributed by atoms with E-state index in [9.17, 15) is 4.79 Å². The van der Waals surface area contributed by atoms with Crippen LogP contribution in [0.2, 0.25) is 0 Å². The second-order valence-electron chi connectivity index (χ2n) is 6.01. The van der Waals surface area contributed by atoms with Gasteiger partial charge in [-0.05, 0) is 42.5 Å². The Kier molecular flexibility index (Phi) is 7.79. The largest absolute Gasteiger partial charge is 0.494 e. The van der Waals surface area contributed by atoms with Crippen molar-refractivity contribution < 1.29 is 9.53 Å². The fourth-order valence-electron chi connectivity index (χ4n) is 1.80. The number of hydrogen-bond donors (Lipinski definition) is 1. The van der Waals surface area contributed by atoms with Crippen LogP contribution in [0.25, 0.3) is 0 Å². The van der Waals surface area contributed by atoms with Crippen molar-refractivity contribution in [3.8, 4) is 5.75 Å². The zero-order valence-corrected chi connectivity index (χ0v) is 14.8. The number of carbonyl (C=O) groups excluding carboxylic acids is 1. The molecule has 0 aromatic heterocycles. The quantitative estimate of drug-likeness (QED) is 0.526. The summed E-state index contributed by atoms with van der Waals surface area (Å²) in [4.78, 5) is 12.1. The summed E-state index contributed by atoms with van der Waals surface area (Å²) in [5.41, 5.74) is 0.773. The van der Waals surface area contributed by atoms with Crippen molar-refractivity contribution in [2.24, 2.45) is 5.41 Å². The number of rotatable bonds is 9. The maximum Gasteiger partial charge on any atom is 0.251 e. The first kappa shape index (κ1) is 18.0. The van der Waals surface area contributed by atoms with Crippen LogP contribution in [0.5, 0.6) is 5.75 Å². The van der Waals surface area contributed by atoms with Crippen molar-refractivity contribution in [3.63, 3.8) is 0 Å². The second kappa shape index (κ2) is 9.08. The van der Waals surface area contributed by atoms with Gasteiger partial charge in [0.05, 0.1) is 6.61 Å². The van der Waals surface area contributed by atoms with Crippen LogP contribution in [0.3, 0.4) is 0 Å². The van der Waals surface area contributed by atoms with Gasteiger partial charge < -0.3 is 10.1 Å². The highest BCUT2D eigenvalue weighted by atomic mass is 79.9. The number of nitrogens with one attached hydrogen (secondary N) is 1. The Hall–Kier alpha value is -1.03. The molecule has 0 bridgehead atoms. The Morgan fingerprint density at radius 2 is 1.95 bits per heavy atom. The van der Waals surface area contributed by atoms with Gasteiger partial charge in [0.1, 0.15) is 5.75 Å². The van der Waals surface area contributed by atoms with Crippen molar-refractivity contribution in [3.05, 3.63) is 29.8 Å². The van der Waals surface area contributed by atoms with Crippen molar-refractivity contribution in [2.75, 3.05) is 18.5 Å². The molecule has 21 heavy (non-hydrogen) atoms. The van der Waals surface area contributed by atoms with Crippen LogP contribution in [0.15, 0.2) is 24.3 Å². The van der Waals surface area contributed by atoms with E-state index in [1.54, 1.807) is 0 Å². The molecule has 0 aliphatic heterocycles. The first-order chi connectivity index (χ1) is 9.98. The number of hydrogen-bond acceptors (Lipinski definition) is 2. The van der Waals surface area contributed by atoms with E-state index in [0.29, 0.717) is 12.1 Å². The SMILES string of the molecule is CCCCOc1ccc(C(=O)NCC(C)(C)CCBr)cc1. The third-order valence-electron chi connectivity index (χ3n) is 3.38. The third kappa shape index (κ3) is 6.98. The fourth-order valence-corrected chi connectivity index (χ4v) is 2.88. The van der Waals surface area contributed by atoms with Gasteiger partial charge in [-0.1, -0.05) is 43.1 Å². The van der Waals surface area contributed by atoms with E-state index >= 15 is 0 Å². The van der Waals surface area contributed by atoms with Gasteiger partial charge in [0.2, 0.25) is 0 Å². The molecule has 4 heteroatoms. The van der Waals surface area contributed by atoms with E-state index in [4.69, 9.17) is 4.74 Å². The first-order valence-corrected chi connectivity index (χ1v) is 8.67. The van der Waals surface area contributed by atoms with E-state index in [2.05, 4.69) is 42.0 Å². The Labute approximate surface area is 136 Å². The lowest BCUT2D eigenvalue weighted by atomic mass is 9.90. The Balaban J connectivity index is 2.47. The number of halogens is 1. The average Bonchev–Trinajstić information content (AvgIpc) is 2.46. The lowest BCUT2D eigenvalue weighted by Crippen LogP contribution is -2.34. The predicted molar refractivity (Wildman–Crippen MR) is 91.4 cm³/mol. The van der Waals surface area contributed by atoms with Gasteiger partial charge in [0.15, 0.2) is 0 Å². The number of carbonyl (C=O) groups is 1. The molecule has 0 unspecified atom stereocenters. The minimum atomic E-state index is -0.0299. The molecule has 0 spiro atoms. The van der Waals surface area contributed by atoms with E-state index in [-0.39, 0.29) is 11.3 Å². The van der Waals surface area contributed by atoms with Crippen LogP contribution in [-0.4, -0.2) is 24.4 Å². The first-order valence-electron chi connectivity index (χ1n) is 7.55. The zero-order valence-electron chi connectivity index (χ0n) is 13.2. The van der Waals surface area contributed by atoms with Crippen LogP contribution in [0, 0.1) is 5.41 Å². The standard InChI is InChI=1S/C17H26BrNO2/c1-4-5-12-21-15-8-6-14(7-9-15)16(20)19-13-17(2,3)10-11-18/h6-9H,4-5,10-13H2,1-3H3,(H,19,20). The minimum absolute atomic E-state index is 0.0299. The molecule has 1 aromatic rings. The van der Waals surface area contributed by atoms with Gasteiger partial charge in [-0.2, -0.15) is 0 Å². The highest BCUT2D eigenvalue weighted by Crippen LogP contribution is 2.20. The van der Waals surface area contributed by atoms with Crippen molar-refractivity contribution in [1.82, 2.24) is 5.32 Å². The van der Waals surface area contributed by atoms with E-state index in [1.165, 1.54) is 0 Å². The van der Waals surface area contributed by atoms with E-state index in [1.807, 2.05) is 24.3 Å². The summed E-state index contributed by atoms with van der Waals surface area (Å²) in [6.07, 6.45) is 3.19. The monoisotopic (exact) mass is 355 g/mol. The number of benzene rings is 1. The van der Waals surface area contributed by atoms with E-state index < -0.39 is 0 Å². The molecular formula is C17H26BrNO2. The Bertz CT molecular complexity index is 429. The molecular weight excluding hydrogens is 330 g/mol. The molecule has 0 aliphatic carbocycles. The summed E-state index contributed by atoms with van der Waals surface area (Å²) in [6.45, 7) is 7.83. The molecule has 0 fully saturated rings. The highest BCUT2D eigenvalue weighted by Gasteiger charge is 2.18. The van der Waals surface area contributed by atoms with Crippen LogP contribution < -0.4 is 10.1 Å². The predicted octanol–water partition coefficient (Wildman–Crippen LogP) is 4.41. The highest BCUT2D eigenvalue weighted by molar-refractivity contribution is 9.09. The van der Waals surface area contributed by atoms with Gasteiger partial charge in [-0.15, -0.1) is 0 Å². The summed E-state index contributed by atoms with van der Waals surface area (Å²) in [5, 5.41) is 3.94. The molecule has 0 saturated heterocycles. The summed E-state index contributed by atoms with van der Waals surface area (Å²) in [7, 11) is 0. The molecule has 0 aliphatic rings. The molecule has 1 rings (SSSR count). The van der Waals surface area contributed by atoms with Crippen LogP contribution in [0.1, 0.15) is 50.4 Å². The molecule has 0 saturated carbocycles. The average molecular weight is 356 g/mol. The number of amides is 1. The van der Waals surface area contributed by atoms with Crippen molar-refractivity contribution in [1.29, 1.82) is 0 Å². The zero-order chi connectivity index (χ0) is 15.7. The van der Waals surface area contributed by atoms with E-state index in [0.717, 1.165) is 36.9 Å². The Morgan fingerprint density at radius 1 is 1.29 bits per heavy atom. The smallest absolute Gasteiger partial charge is 0.251 e. The summed E-state index contributed by atoms with van der Waals surface area (Å²) >= 11 is 3.44. The van der Waals surface area contributed by atoms with Gasteiger partial charge >= 0.3 is 0 Å². The lowest BCUT2D eigenvalue weighted by Gasteiger charge is -2.23. The molecule has 3 nitrogen and oxygen atoms in total. The van der Waals surface area contributed by atoms with Crippen LogP contribution in [0.4, 0.5) is 0 Å². The van der Waals surface area contributed by atoms with Gasteiger partial charge in [-0.25, -0.2) is 0 Å². The van der Waals surface area contributed by atoms with Crippen LogP contribution in [-0.2, 0) is 0 Å². The molecule has 1 aromatic carbocycles. The molecule has 1 amide bonds. The fraction of sp³-hybridized carbons (Fsp3) is 0.588. The maximum atomic E-state index is 12.1. The Morgan fingerprint density at radius 3 is 2.52 bits per heavy atom. The van der Waals surface area contributed by atoms with Gasteiger partial charge in [-0.3, -0.25) is 4.79 Å². The van der Waals surface area contributed by atoms with Gasteiger partial charge in [0.25, 0.3) is 5.91 Å². The lowest BCUT2D eigenvalue weighted by molar-refractivity contribution is 0.0936. The number of unbranched alkanes of at least 4 members (excludes halogenated alkanes) is 1. The maximum absolute atomic E-state index is 12.1. The summed E-state index contributed by atoms with van der Waals surface area (Å²) in [5.74, 6) is 0.789. The second-order valence-corrected chi connectivity index (χ2v) is 6.81. The summed E-state index contributed by atoms with van der Waals surface area (Å²) < 4.78 is 5.59. The topological polar surface area (TPSA) is 38.3 Å². The normalized spacial score (nSPS) is 11.2. The van der Waals surface area contributed by atoms with Gasteiger partial charge in [0, 0.05) is 17.4 Å².